The van der Waals surface area contributed by atoms with Crippen molar-refractivity contribution < 1.29 is 0 Å². The van der Waals surface area contributed by atoms with Gasteiger partial charge in [0.1, 0.15) is 17.5 Å². The van der Waals surface area contributed by atoms with E-state index in [0.29, 0.717) is 17.6 Å². The molecule has 4 heteroatoms. The lowest BCUT2D eigenvalue weighted by atomic mass is 10.1. The van der Waals surface area contributed by atoms with Crippen molar-refractivity contribution in [1.82, 2.24) is 9.97 Å². The Kier molecular flexibility index (Phi) is 2.04. The number of rotatable bonds is 1. The van der Waals surface area contributed by atoms with Gasteiger partial charge in [-0.3, -0.25) is 0 Å². The Morgan fingerprint density at radius 1 is 1.08 bits per heavy atom. The molecule has 0 aromatic carbocycles. The van der Waals surface area contributed by atoms with Crippen LogP contribution in [0, 0.1) is 0 Å². The maximum Gasteiger partial charge on any atom is 0.136 e. The highest BCUT2D eigenvalue weighted by Crippen LogP contribution is 2.32. The third kappa shape index (κ3) is 1.71. The fourth-order valence-corrected chi connectivity index (χ4v) is 1.87. The third-order valence-corrected chi connectivity index (χ3v) is 2.50. The molecule has 1 fully saturated rings. The van der Waals surface area contributed by atoms with Crippen molar-refractivity contribution in [1.29, 1.82) is 0 Å². The molecule has 70 valence electrons. The summed E-state index contributed by atoms with van der Waals surface area (Å²) in [6.45, 7) is 0. The summed E-state index contributed by atoms with van der Waals surface area (Å²) in [7, 11) is 0. The van der Waals surface area contributed by atoms with Crippen LogP contribution in [0.5, 0.6) is 0 Å². The van der Waals surface area contributed by atoms with Gasteiger partial charge in [-0.2, -0.15) is 0 Å². The molecule has 4 nitrogen and oxygen atoms in total. The second-order valence-corrected chi connectivity index (χ2v) is 3.56. The second-order valence-electron chi connectivity index (χ2n) is 3.56. The van der Waals surface area contributed by atoms with Crippen LogP contribution in [-0.4, -0.2) is 9.97 Å². The Bertz CT molecular complexity index is 284. The Hall–Kier alpha value is -1.32. The fourth-order valence-electron chi connectivity index (χ4n) is 1.87. The summed E-state index contributed by atoms with van der Waals surface area (Å²) >= 11 is 0. The standard InChI is InChI=1S/C9H14N4/c10-7-5-8(11)13-9(12-7)6-3-1-2-4-6/h5-6H,1-4H2,(H4,10,11,12,13). The van der Waals surface area contributed by atoms with Crippen LogP contribution in [0.2, 0.25) is 0 Å². The van der Waals surface area contributed by atoms with E-state index in [0.717, 1.165) is 5.82 Å². The molecule has 1 heterocycles. The number of nitrogens with zero attached hydrogens (tertiary/aromatic N) is 2. The molecule has 13 heavy (non-hydrogen) atoms. The van der Waals surface area contributed by atoms with Gasteiger partial charge in [-0.1, -0.05) is 12.8 Å². The Morgan fingerprint density at radius 3 is 2.15 bits per heavy atom. The SMILES string of the molecule is Nc1cc(N)nc(C2CCCC2)n1. The number of aromatic nitrogens is 2. The first-order chi connectivity index (χ1) is 6.25. The van der Waals surface area contributed by atoms with Crippen LogP contribution >= 0.6 is 0 Å². The van der Waals surface area contributed by atoms with E-state index < -0.39 is 0 Å². The lowest BCUT2D eigenvalue weighted by molar-refractivity contribution is 0.671. The minimum atomic E-state index is 0.478. The molecule has 0 radical (unpaired) electrons. The van der Waals surface area contributed by atoms with Gasteiger partial charge in [0, 0.05) is 12.0 Å². The summed E-state index contributed by atoms with van der Waals surface area (Å²) in [5.74, 6) is 2.27. The first kappa shape index (κ1) is 8.29. The Morgan fingerprint density at radius 2 is 1.62 bits per heavy atom. The summed E-state index contributed by atoms with van der Waals surface area (Å²) in [4.78, 5) is 8.41. The second kappa shape index (κ2) is 3.20. The van der Waals surface area contributed by atoms with Gasteiger partial charge in [-0.25, -0.2) is 9.97 Å². The predicted molar refractivity (Wildman–Crippen MR) is 52.1 cm³/mol. The normalized spacial score (nSPS) is 17.8. The lowest BCUT2D eigenvalue weighted by Crippen LogP contribution is -2.06. The molecule has 4 N–H and O–H groups in total. The highest BCUT2D eigenvalue weighted by Gasteiger charge is 2.20. The van der Waals surface area contributed by atoms with E-state index in [9.17, 15) is 0 Å². The molecule has 1 aromatic heterocycles. The number of nitrogens with two attached hydrogens (primary N) is 2. The highest BCUT2D eigenvalue weighted by atomic mass is 15.0. The number of anilines is 2. The molecule has 1 aromatic rings. The van der Waals surface area contributed by atoms with Crippen molar-refractivity contribution in [3.05, 3.63) is 11.9 Å². The lowest BCUT2D eigenvalue weighted by Gasteiger charge is -2.08. The van der Waals surface area contributed by atoms with Crippen molar-refractivity contribution in [2.75, 3.05) is 11.5 Å². The highest BCUT2D eigenvalue weighted by molar-refractivity contribution is 5.41. The van der Waals surface area contributed by atoms with Gasteiger partial charge in [0.2, 0.25) is 0 Å². The first-order valence-corrected chi connectivity index (χ1v) is 4.65. The summed E-state index contributed by atoms with van der Waals surface area (Å²) in [6, 6.07) is 1.60. The van der Waals surface area contributed by atoms with Gasteiger partial charge in [0.25, 0.3) is 0 Å². The van der Waals surface area contributed by atoms with Crippen molar-refractivity contribution in [3.8, 4) is 0 Å². The minimum Gasteiger partial charge on any atom is -0.384 e. The molecule has 0 spiro atoms. The molecule has 0 bridgehead atoms. The van der Waals surface area contributed by atoms with Gasteiger partial charge in [-0.15, -0.1) is 0 Å². The first-order valence-electron chi connectivity index (χ1n) is 4.65. The van der Waals surface area contributed by atoms with Crippen LogP contribution in [0.15, 0.2) is 6.07 Å². The van der Waals surface area contributed by atoms with E-state index in [-0.39, 0.29) is 0 Å². The summed E-state index contributed by atoms with van der Waals surface area (Å²) < 4.78 is 0. The molecule has 1 aliphatic rings. The van der Waals surface area contributed by atoms with Gasteiger partial charge in [-0.05, 0) is 12.8 Å². The molecule has 0 atom stereocenters. The topological polar surface area (TPSA) is 77.8 Å². The van der Waals surface area contributed by atoms with Crippen LogP contribution < -0.4 is 11.5 Å². The van der Waals surface area contributed by atoms with E-state index >= 15 is 0 Å². The quantitative estimate of drug-likeness (QED) is 0.679. The van der Waals surface area contributed by atoms with Gasteiger partial charge < -0.3 is 11.5 Å². The van der Waals surface area contributed by atoms with Crippen molar-refractivity contribution in [2.45, 2.75) is 31.6 Å². The monoisotopic (exact) mass is 178 g/mol. The van der Waals surface area contributed by atoms with E-state index in [1.165, 1.54) is 25.7 Å². The zero-order valence-corrected chi connectivity index (χ0v) is 7.53. The van der Waals surface area contributed by atoms with Crippen molar-refractivity contribution >= 4 is 11.6 Å². The van der Waals surface area contributed by atoms with Crippen LogP contribution in [0.1, 0.15) is 37.4 Å². The molecule has 1 aliphatic carbocycles. The summed E-state index contributed by atoms with van der Waals surface area (Å²) in [5.41, 5.74) is 11.2. The molecular weight excluding hydrogens is 164 g/mol. The van der Waals surface area contributed by atoms with Crippen molar-refractivity contribution in [2.24, 2.45) is 0 Å². The van der Waals surface area contributed by atoms with Crippen LogP contribution in [0.3, 0.4) is 0 Å². The van der Waals surface area contributed by atoms with Gasteiger partial charge in [0.15, 0.2) is 0 Å². The summed E-state index contributed by atoms with van der Waals surface area (Å²) in [6.07, 6.45) is 4.87. The van der Waals surface area contributed by atoms with E-state index in [2.05, 4.69) is 9.97 Å². The van der Waals surface area contributed by atoms with E-state index in [4.69, 9.17) is 11.5 Å². The predicted octanol–water partition coefficient (Wildman–Crippen LogP) is 1.30. The molecule has 1 saturated carbocycles. The number of hydrogen-bond donors (Lipinski definition) is 2. The smallest absolute Gasteiger partial charge is 0.136 e. The molecule has 0 aliphatic heterocycles. The largest absolute Gasteiger partial charge is 0.384 e. The summed E-state index contributed by atoms with van der Waals surface area (Å²) in [5, 5.41) is 0. The zero-order valence-electron chi connectivity index (χ0n) is 7.53. The average Bonchev–Trinajstić information content (AvgIpc) is 2.53. The molecule has 2 rings (SSSR count). The van der Waals surface area contributed by atoms with Gasteiger partial charge in [0.05, 0.1) is 0 Å². The molecule has 0 unspecified atom stereocenters. The average molecular weight is 178 g/mol. The van der Waals surface area contributed by atoms with Gasteiger partial charge >= 0.3 is 0 Å². The zero-order chi connectivity index (χ0) is 9.26. The molecule has 0 saturated heterocycles. The van der Waals surface area contributed by atoms with Crippen LogP contribution in [0.4, 0.5) is 11.6 Å². The number of nitrogen functional groups attached to an aromatic ring is 2. The third-order valence-electron chi connectivity index (χ3n) is 2.50. The minimum absolute atomic E-state index is 0.478. The van der Waals surface area contributed by atoms with E-state index in [1.807, 2.05) is 0 Å². The molecule has 0 amide bonds. The number of hydrogen-bond acceptors (Lipinski definition) is 4. The fraction of sp³-hybridized carbons (Fsp3) is 0.556. The molecular formula is C9H14N4. The maximum absolute atomic E-state index is 5.60. The van der Waals surface area contributed by atoms with E-state index in [1.54, 1.807) is 6.07 Å². The maximum atomic E-state index is 5.60. The van der Waals surface area contributed by atoms with Crippen molar-refractivity contribution in [3.63, 3.8) is 0 Å². The Balaban J connectivity index is 2.28. The Labute approximate surface area is 77.4 Å². The van der Waals surface area contributed by atoms with Crippen LogP contribution in [-0.2, 0) is 0 Å². The van der Waals surface area contributed by atoms with Crippen LogP contribution in [0.25, 0.3) is 0 Å².